The molecule has 0 aliphatic carbocycles. The van der Waals surface area contributed by atoms with Gasteiger partial charge in [-0.05, 0) is 83.5 Å². The molecule has 6 heteroatoms. The summed E-state index contributed by atoms with van der Waals surface area (Å²) in [5.41, 5.74) is 0. The molecule has 0 fully saturated rings. The number of rotatable bonds is 59. The Morgan fingerprint density at radius 3 is 1.00 bits per heavy atom. The lowest BCUT2D eigenvalue weighted by atomic mass is 10.0. The van der Waals surface area contributed by atoms with Gasteiger partial charge in [0.2, 0.25) is 5.91 Å². The van der Waals surface area contributed by atoms with Gasteiger partial charge in [-0.25, -0.2) is 0 Å². The van der Waals surface area contributed by atoms with Crippen LogP contribution in [0.5, 0.6) is 0 Å². The predicted molar refractivity (Wildman–Crippen MR) is 310 cm³/mol. The molecule has 0 aliphatic rings. The van der Waals surface area contributed by atoms with Gasteiger partial charge >= 0.3 is 5.97 Å². The fraction of sp³-hybridized carbons (Fsp3) is 0.877. The number of esters is 1. The highest BCUT2D eigenvalue weighted by atomic mass is 16.5. The Kier molecular flexibility index (Phi) is 59.0. The van der Waals surface area contributed by atoms with Gasteiger partial charge in [0.05, 0.1) is 25.4 Å². The number of carbonyl (C=O) groups is 2. The largest absolute Gasteiger partial charge is 0.466 e. The van der Waals surface area contributed by atoms with Crippen LogP contribution in [0.15, 0.2) is 36.5 Å². The van der Waals surface area contributed by atoms with Gasteiger partial charge in [0.25, 0.3) is 0 Å². The first-order valence-corrected chi connectivity index (χ1v) is 31.8. The summed E-state index contributed by atoms with van der Waals surface area (Å²) in [6, 6.07) is -0.631. The summed E-state index contributed by atoms with van der Waals surface area (Å²) in [5, 5.41) is 23.1. The standard InChI is InChI=1S/C65H123NO5/c1-3-5-7-9-11-13-15-17-19-31-35-39-43-47-51-55-59-65(70)71-60-56-52-48-44-40-36-32-29-27-25-23-21-20-22-24-26-28-30-34-38-42-46-50-54-58-64(69)66-62(61-67)63(68)57-53-49-45-41-37-33-18-16-14-12-10-8-6-4-2/h19,22,24,31,53,57,62-63,67-68H,3-18,20-21,23,25-30,32-52,54-56,58-61H2,1-2H3,(H,66,69)/b24-22-,31-19-,57-53+. The Hall–Kier alpha value is -1.92. The molecule has 2 atom stereocenters. The van der Waals surface area contributed by atoms with Crippen molar-refractivity contribution >= 4 is 11.9 Å². The van der Waals surface area contributed by atoms with Crippen LogP contribution in [0.4, 0.5) is 0 Å². The Balaban J connectivity index is 3.41. The van der Waals surface area contributed by atoms with Crippen molar-refractivity contribution in [3.05, 3.63) is 36.5 Å². The molecule has 418 valence electrons. The zero-order valence-corrected chi connectivity index (χ0v) is 47.7. The Bertz CT molecular complexity index is 1150. The van der Waals surface area contributed by atoms with Crippen LogP contribution < -0.4 is 5.32 Å². The fourth-order valence-electron chi connectivity index (χ4n) is 9.74. The first-order chi connectivity index (χ1) is 35.0. The lowest BCUT2D eigenvalue weighted by Gasteiger charge is -2.20. The third kappa shape index (κ3) is 57.2. The van der Waals surface area contributed by atoms with Gasteiger partial charge in [0.15, 0.2) is 0 Å². The lowest BCUT2D eigenvalue weighted by Crippen LogP contribution is -2.45. The molecule has 0 aromatic carbocycles. The van der Waals surface area contributed by atoms with E-state index in [-0.39, 0.29) is 18.5 Å². The second-order valence-electron chi connectivity index (χ2n) is 21.7. The van der Waals surface area contributed by atoms with E-state index in [0.29, 0.717) is 19.4 Å². The van der Waals surface area contributed by atoms with Gasteiger partial charge in [-0.2, -0.15) is 0 Å². The zero-order chi connectivity index (χ0) is 51.4. The first-order valence-electron chi connectivity index (χ1n) is 31.8. The Morgan fingerprint density at radius 2 is 0.662 bits per heavy atom. The van der Waals surface area contributed by atoms with E-state index in [1.54, 1.807) is 6.08 Å². The van der Waals surface area contributed by atoms with Gasteiger partial charge in [-0.3, -0.25) is 9.59 Å². The van der Waals surface area contributed by atoms with Crippen LogP contribution >= 0.6 is 0 Å². The molecular weight excluding hydrogens is 875 g/mol. The number of aliphatic hydroxyl groups is 2. The monoisotopic (exact) mass is 998 g/mol. The molecule has 0 spiro atoms. The van der Waals surface area contributed by atoms with Crippen molar-refractivity contribution in [2.75, 3.05) is 13.2 Å². The smallest absolute Gasteiger partial charge is 0.305 e. The maximum Gasteiger partial charge on any atom is 0.305 e. The van der Waals surface area contributed by atoms with E-state index in [2.05, 4.69) is 43.5 Å². The quantitative estimate of drug-likeness (QED) is 0.0321. The lowest BCUT2D eigenvalue weighted by molar-refractivity contribution is -0.143. The maximum atomic E-state index is 12.5. The van der Waals surface area contributed by atoms with E-state index in [4.69, 9.17) is 4.74 Å². The number of aliphatic hydroxyl groups excluding tert-OH is 2. The van der Waals surface area contributed by atoms with Crippen molar-refractivity contribution in [2.24, 2.45) is 0 Å². The third-order valence-corrected chi connectivity index (χ3v) is 14.6. The van der Waals surface area contributed by atoms with Crippen LogP contribution in [0, 0.1) is 0 Å². The third-order valence-electron chi connectivity index (χ3n) is 14.6. The summed E-state index contributed by atoms with van der Waals surface area (Å²) in [6.07, 6.45) is 76.2. The molecule has 6 nitrogen and oxygen atoms in total. The average Bonchev–Trinajstić information content (AvgIpc) is 3.37. The van der Waals surface area contributed by atoms with E-state index in [9.17, 15) is 19.8 Å². The van der Waals surface area contributed by atoms with Crippen molar-refractivity contribution in [3.63, 3.8) is 0 Å². The topological polar surface area (TPSA) is 95.9 Å². The molecule has 0 saturated carbocycles. The summed E-state index contributed by atoms with van der Waals surface area (Å²) in [6.45, 7) is 4.91. The number of carbonyl (C=O) groups excluding carboxylic acids is 2. The molecule has 0 radical (unpaired) electrons. The SMILES string of the molecule is CCCCCCCCC/C=C\CCCCCCCC(=O)OCCCCCCCCCCCCCC/C=C\CCCCCCCCCCC(=O)NC(CO)C(O)/C=C/CCCCCCCCCCCCCC. The molecule has 0 aromatic rings. The van der Waals surface area contributed by atoms with Crippen molar-refractivity contribution in [3.8, 4) is 0 Å². The average molecular weight is 999 g/mol. The van der Waals surface area contributed by atoms with Crippen LogP contribution in [0.2, 0.25) is 0 Å². The fourth-order valence-corrected chi connectivity index (χ4v) is 9.74. The van der Waals surface area contributed by atoms with Crippen molar-refractivity contribution in [1.29, 1.82) is 0 Å². The normalized spacial score (nSPS) is 12.8. The highest BCUT2D eigenvalue weighted by Crippen LogP contribution is 2.17. The number of hydrogen-bond acceptors (Lipinski definition) is 5. The molecule has 71 heavy (non-hydrogen) atoms. The molecule has 0 aromatic heterocycles. The van der Waals surface area contributed by atoms with Crippen LogP contribution in [-0.2, 0) is 14.3 Å². The zero-order valence-electron chi connectivity index (χ0n) is 47.7. The van der Waals surface area contributed by atoms with Gasteiger partial charge in [0, 0.05) is 12.8 Å². The molecule has 1 amide bonds. The summed E-state index contributed by atoms with van der Waals surface area (Å²) in [4.78, 5) is 24.5. The molecule has 0 saturated heterocycles. The van der Waals surface area contributed by atoms with Crippen LogP contribution in [0.25, 0.3) is 0 Å². The summed E-state index contributed by atoms with van der Waals surface area (Å²) < 4.78 is 5.49. The van der Waals surface area contributed by atoms with Crippen molar-refractivity contribution in [1.82, 2.24) is 5.32 Å². The molecule has 3 N–H and O–H groups in total. The van der Waals surface area contributed by atoms with Crippen molar-refractivity contribution < 1.29 is 24.5 Å². The van der Waals surface area contributed by atoms with E-state index >= 15 is 0 Å². The Morgan fingerprint density at radius 1 is 0.380 bits per heavy atom. The van der Waals surface area contributed by atoms with Crippen LogP contribution in [0.3, 0.4) is 0 Å². The van der Waals surface area contributed by atoms with Gasteiger partial charge in [0.1, 0.15) is 0 Å². The molecular formula is C65H123NO5. The number of allylic oxidation sites excluding steroid dienone is 5. The highest BCUT2D eigenvalue weighted by Gasteiger charge is 2.18. The van der Waals surface area contributed by atoms with Crippen molar-refractivity contribution in [2.45, 2.75) is 353 Å². The second kappa shape index (κ2) is 60.6. The molecule has 0 heterocycles. The maximum absolute atomic E-state index is 12.5. The van der Waals surface area contributed by atoms with E-state index in [1.165, 1.54) is 270 Å². The Labute approximate surface area is 443 Å². The minimum Gasteiger partial charge on any atom is -0.466 e. The summed E-state index contributed by atoms with van der Waals surface area (Å²) >= 11 is 0. The molecule has 0 aliphatic heterocycles. The van der Waals surface area contributed by atoms with E-state index in [1.807, 2.05) is 6.08 Å². The van der Waals surface area contributed by atoms with E-state index < -0.39 is 12.1 Å². The number of unbranched alkanes of at least 4 members (excludes halogenated alkanes) is 44. The predicted octanol–water partition coefficient (Wildman–Crippen LogP) is 20.0. The summed E-state index contributed by atoms with van der Waals surface area (Å²) in [5.74, 6) is -0.0671. The summed E-state index contributed by atoms with van der Waals surface area (Å²) in [7, 11) is 0. The van der Waals surface area contributed by atoms with Gasteiger partial charge < -0.3 is 20.3 Å². The van der Waals surface area contributed by atoms with Gasteiger partial charge in [-0.1, -0.05) is 281 Å². The minimum absolute atomic E-state index is 0.00470. The van der Waals surface area contributed by atoms with Crippen LogP contribution in [-0.4, -0.2) is 47.4 Å². The highest BCUT2D eigenvalue weighted by molar-refractivity contribution is 5.76. The minimum atomic E-state index is -0.847. The molecule has 0 bridgehead atoms. The molecule has 2 unspecified atom stereocenters. The number of amides is 1. The number of nitrogens with one attached hydrogen (secondary N) is 1. The number of hydrogen-bond donors (Lipinski definition) is 3. The number of ether oxygens (including phenoxy) is 1. The van der Waals surface area contributed by atoms with Gasteiger partial charge in [-0.15, -0.1) is 0 Å². The molecule has 0 rings (SSSR count). The van der Waals surface area contributed by atoms with Crippen LogP contribution in [0.1, 0.15) is 341 Å². The van der Waals surface area contributed by atoms with E-state index in [0.717, 1.165) is 44.9 Å². The second-order valence-corrected chi connectivity index (χ2v) is 21.7. The first kappa shape index (κ1) is 69.1.